The van der Waals surface area contributed by atoms with Gasteiger partial charge in [-0.2, -0.15) is 0 Å². The number of nitrogens with one attached hydrogen (secondary N) is 1. The van der Waals surface area contributed by atoms with Gasteiger partial charge in [-0.3, -0.25) is 9.59 Å². The van der Waals surface area contributed by atoms with Crippen molar-refractivity contribution in [3.8, 4) is 0 Å². The molecule has 0 saturated carbocycles. The zero-order valence-electron chi connectivity index (χ0n) is 14.5. The van der Waals surface area contributed by atoms with Crippen LogP contribution in [-0.4, -0.2) is 42.5 Å². The highest BCUT2D eigenvalue weighted by atomic mass is 16.5. The van der Waals surface area contributed by atoms with Crippen LogP contribution in [0.4, 0.5) is 5.69 Å². The Kier molecular flexibility index (Phi) is 5.19. The van der Waals surface area contributed by atoms with E-state index in [4.69, 9.17) is 4.74 Å². The number of carbonyl (C=O) groups is 2. The molecule has 1 N–H and O–H groups in total. The number of piperidine rings is 1. The van der Waals surface area contributed by atoms with Crippen molar-refractivity contribution >= 4 is 17.5 Å². The highest BCUT2D eigenvalue weighted by Crippen LogP contribution is 2.23. The smallest absolute Gasteiger partial charge is 0.254 e. The van der Waals surface area contributed by atoms with E-state index in [1.54, 1.807) is 0 Å². The van der Waals surface area contributed by atoms with Gasteiger partial charge in [0.25, 0.3) is 5.91 Å². The Morgan fingerprint density at radius 3 is 2.75 bits per heavy atom. The van der Waals surface area contributed by atoms with Gasteiger partial charge in [0.05, 0.1) is 12.5 Å². The Morgan fingerprint density at radius 2 is 2.08 bits per heavy atom. The van der Waals surface area contributed by atoms with E-state index in [0.29, 0.717) is 24.8 Å². The van der Waals surface area contributed by atoms with Crippen LogP contribution in [0, 0.1) is 12.8 Å². The summed E-state index contributed by atoms with van der Waals surface area (Å²) in [5, 5.41) is 2.96. The van der Waals surface area contributed by atoms with E-state index in [2.05, 4.69) is 12.2 Å². The molecule has 2 aliphatic heterocycles. The van der Waals surface area contributed by atoms with E-state index in [0.717, 1.165) is 37.1 Å². The molecule has 0 bridgehead atoms. The van der Waals surface area contributed by atoms with Gasteiger partial charge in [0.15, 0.2) is 0 Å². The maximum atomic E-state index is 12.7. The Hall–Kier alpha value is -1.88. The lowest BCUT2D eigenvalue weighted by Gasteiger charge is -2.33. The summed E-state index contributed by atoms with van der Waals surface area (Å²) in [5.74, 6) is 0.0200. The van der Waals surface area contributed by atoms with E-state index in [1.807, 2.05) is 30.0 Å². The third kappa shape index (κ3) is 3.61. The number of likely N-dealkylation sites (tertiary alicyclic amines) is 1. The number of benzene rings is 1. The van der Waals surface area contributed by atoms with Crippen LogP contribution in [0.2, 0.25) is 0 Å². The molecule has 2 aliphatic rings. The Morgan fingerprint density at radius 1 is 1.25 bits per heavy atom. The number of carbonyl (C=O) groups excluding carboxylic acids is 2. The summed E-state index contributed by atoms with van der Waals surface area (Å²) >= 11 is 0. The average molecular weight is 330 g/mol. The van der Waals surface area contributed by atoms with Crippen molar-refractivity contribution < 1.29 is 14.3 Å². The molecule has 2 atom stereocenters. The largest absolute Gasteiger partial charge is 0.381 e. The minimum Gasteiger partial charge on any atom is -0.381 e. The monoisotopic (exact) mass is 330 g/mol. The van der Waals surface area contributed by atoms with Crippen molar-refractivity contribution in [1.82, 2.24) is 4.90 Å². The number of anilines is 1. The second-order valence-corrected chi connectivity index (χ2v) is 6.92. The Bertz CT molecular complexity index is 623. The van der Waals surface area contributed by atoms with Gasteiger partial charge in [0, 0.05) is 30.4 Å². The summed E-state index contributed by atoms with van der Waals surface area (Å²) < 4.78 is 5.26. The van der Waals surface area contributed by atoms with Crippen molar-refractivity contribution in [2.24, 2.45) is 5.92 Å². The lowest BCUT2D eigenvalue weighted by atomic mass is 10.0. The highest BCUT2D eigenvalue weighted by molar-refractivity contribution is 5.97. The number of aryl methyl sites for hydroxylation is 1. The van der Waals surface area contributed by atoms with Crippen molar-refractivity contribution in [1.29, 1.82) is 0 Å². The summed E-state index contributed by atoms with van der Waals surface area (Å²) in [5.41, 5.74) is 2.39. The summed E-state index contributed by atoms with van der Waals surface area (Å²) in [7, 11) is 0. The molecule has 2 amide bonds. The normalized spacial score (nSPS) is 24.0. The molecule has 2 saturated heterocycles. The first-order valence-corrected chi connectivity index (χ1v) is 8.86. The fourth-order valence-electron chi connectivity index (χ4n) is 3.48. The number of nitrogens with zero attached hydrogens (tertiary/aromatic N) is 1. The number of hydrogen-bond acceptors (Lipinski definition) is 3. The van der Waals surface area contributed by atoms with Crippen molar-refractivity contribution in [3.63, 3.8) is 0 Å². The molecule has 130 valence electrons. The molecule has 0 unspecified atom stereocenters. The fourth-order valence-corrected chi connectivity index (χ4v) is 3.48. The second-order valence-electron chi connectivity index (χ2n) is 6.92. The maximum absolute atomic E-state index is 12.7. The molecule has 0 aromatic heterocycles. The van der Waals surface area contributed by atoms with E-state index in [1.165, 1.54) is 6.42 Å². The summed E-state index contributed by atoms with van der Waals surface area (Å²) in [6.45, 7) is 6.02. The van der Waals surface area contributed by atoms with Gasteiger partial charge in [0.2, 0.25) is 5.91 Å². The molecule has 0 radical (unpaired) electrons. The van der Waals surface area contributed by atoms with Gasteiger partial charge < -0.3 is 15.0 Å². The van der Waals surface area contributed by atoms with E-state index < -0.39 is 0 Å². The predicted octanol–water partition coefficient (Wildman–Crippen LogP) is 2.98. The zero-order valence-corrected chi connectivity index (χ0v) is 14.5. The SMILES string of the molecule is Cc1cc(C(=O)N2CCCC[C@@H]2C)ccc1NC(=O)[C@H]1CCOC1. The van der Waals surface area contributed by atoms with Crippen LogP contribution in [0.3, 0.4) is 0 Å². The van der Waals surface area contributed by atoms with Crippen LogP contribution in [0.25, 0.3) is 0 Å². The summed E-state index contributed by atoms with van der Waals surface area (Å²) in [6.07, 6.45) is 4.11. The van der Waals surface area contributed by atoms with Crippen LogP contribution in [-0.2, 0) is 9.53 Å². The van der Waals surface area contributed by atoms with E-state index in [9.17, 15) is 9.59 Å². The fraction of sp³-hybridized carbons (Fsp3) is 0.579. The molecule has 2 fully saturated rings. The Labute approximate surface area is 143 Å². The number of ether oxygens (including phenoxy) is 1. The van der Waals surface area contributed by atoms with Crippen molar-refractivity contribution in [2.75, 3.05) is 25.1 Å². The zero-order chi connectivity index (χ0) is 17.1. The second kappa shape index (κ2) is 7.34. The van der Waals surface area contributed by atoms with Gasteiger partial charge in [-0.1, -0.05) is 0 Å². The van der Waals surface area contributed by atoms with Crippen LogP contribution >= 0.6 is 0 Å². The summed E-state index contributed by atoms with van der Waals surface area (Å²) in [6, 6.07) is 5.83. The molecule has 1 aromatic carbocycles. The van der Waals surface area contributed by atoms with E-state index in [-0.39, 0.29) is 17.7 Å². The molecule has 5 heteroatoms. The lowest BCUT2D eigenvalue weighted by Crippen LogP contribution is -2.42. The molecule has 0 aliphatic carbocycles. The molecule has 5 nitrogen and oxygen atoms in total. The van der Waals surface area contributed by atoms with Crippen LogP contribution in [0.15, 0.2) is 18.2 Å². The average Bonchev–Trinajstić information content (AvgIpc) is 3.11. The van der Waals surface area contributed by atoms with Gasteiger partial charge in [-0.25, -0.2) is 0 Å². The van der Waals surface area contributed by atoms with E-state index >= 15 is 0 Å². The lowest BCUT2D eigenvalue weighted by molar-refractivity contribution is -0.119. The van der Waals surface area contributed by atoms with Gasteiger partial charge in [-0.15, -0.1) is 0 Å². The number of hydrogen-bond donors (Lipinski definition) is 1. The molecule has 24 heavy (non-hydrogen) atoms. The molecule has 0 spiro atoms. The molecule has 2 heterocycles. The Balaban J connectivity index is 1.69. The maximum Gasteiger partial charge on any atom is 0.254 e. The van der Waals surface area contributed by atoms with Gasteiger partial charge in [-0.05, 0) is 63.3 Å². The minimum atomic E-state index is -0.0695. The predicted molar refractivity (Wildman–Crippen MR) is 93.1 cm³/mol. The topological polar surface area (TPSA) is 58.6 Å². The first-order chi connectivity index (χ1) is 11.6. The number of rotatable bonds is 3. The molecule has 3 rings (SSSR count). The van der Waals surface area contributed by atoms with Crippen LogP contribution < -0.4 is 5.32 Å². The third-order valence-electron chi connectivity index (χ3n) is 5.10. The molecule has 1 aromatic rings. The van der Waals surface area contributed by atoms with Crippen molar-refractivity contribution in [3.05, 3.63) is 29.3 Å². The third-order valence-corrected chi connectivity index (χ3v) is 5.10. The number of amides is 2. The van der Waals surface area contributed by atoms with Gasteiger partial charge in [0.1, 0.15) is 0 Å². The standard InChI is InChI=1S/C19H26N2O3/c1-13-11-15(19(23)21-9-4-3-5-14(21)2)6-7-17(13)20-18(22)16-8-10-24-12-16/h6-7,11,14,16H,3-5,8-10,12H2,1-2H3,(H,20,22)/t14-,16-/m0/s1. The minimum absolute atomic E-state index is 0.000621. The molecular weight excluding hydrogens is 304 g/mol. The summed E-state index contributed by atoms with van der Waals surface area (Å²) in [4.78, 5) is 26.9. The first kappa shape index (κ1) is 17.0. The van der Waals surface area contributed by atoms with Crippen molar-refractivity contribution in [2.45, 2.75) is 45.6 Å². The quantitative estimate of drug-likeness (QED) is 0.927. The van der Waals surface area contributed by atoms with Crippen LogP contribution in [0.1, 0.15) is 48.5 Å². The molecular formula is C19H26N2O3. The highest BCUT2D eigenvalue weighted by Gasteiger charge is 2.26. The van der Waals surface area contributed by atoms with Gasteiger partial charge >= 0.3 is 0 Å². The first-order valence-electron chi connectivity index (χ1n) is 8.86. The van der Waals surface area contributed by atoms with Crippen LogP contribution in [0.5, 0.6) is 0 Å².